The summed E-state index contributed by atoms with van der Waals surface area (Å²) in [6.45, 7) is 3.18. The summed E-state index contributed by atoms with van der Waals surface area (Å²) in [5.41, 5.74) is 5.92. The Balaban J connectivity index is 2.07. The van der Waals surface area contributed by atoms with Crippen molar-refractivity contribution in [1.82, 2.24) is 5.43 Å². The Morgan fingerprint density at radius 1 is 1.31 bits per heavy atom. The van der Waals surface area contributed by atoms with E-state index in [1.807, 2.05) is 6.07 Å². The number of hydrazine groups is 1. The lowest BCUT2D eigenvalue weighted by atomic mass is 10.2. The molecule has 0 aromatic heterocycles. The SMILES string of the molecule is CCC1=CNN(c2ccccc2)C1. The van der Waals surface area contributed by atoms with Crippen LogP contribution in [0.1, 0.15) is 13.3 Å². The minimum absolute atomic E-state index is 1.00. The largest absolute Gasteiger partial charge is 0.305 e. The Hall–Kier alpha value is -1.44. The third-order valence-corrected chi connectivity index (χ3v) is 2.31. The van der Waals surface area contributed by atoms with Crippen molar-refractivity contribution >= 4 is 5.69 Å². The zero-order valence-corrected chi connectivity index (χ0v) is 7.83. The van der Waals surface area contributed by atoms with Gasteiger partial charge in [-0.2, -0.15) is 0 Å². The molecule has 1 aliphatic rings. The van der Waals surface area contributed by atoms with Crippen molar-refractivity contribution < 1.29 is 0 Å². The van der Waals surface area contributed by atoms with Crippen molar-refractivity contribution in [1.29, 1.82) is 0 Å². The highest BCUT2D eigenvalue weighted by molar-refractivity contribution is 5.48. The van der Waals surface area contributed by atoms with E-state index in [-0.39, 0.29) is 0 Å². The van der Waals surface area contributed by atoms with Gasteiger partial charge < -0.3 is 5.43 Å². The van der Waals surface area contributed by atoms with E-state index >= 15 is 0 Å². The van der Waals surface area contributed by atoms with E-state index < -0.39 is 0 Å². The topological polar surface area (TPSA) is 15.3 Å². The fraction of sp³-hybridized carbons (Fsp3) is 0.273. The third kappa shape index (κ3) is 1.66. The Morgan fingerprint density at radius 3 is 2.69 bits per heavy atom. The van der Waals surface area contributed by atoms with E-state index in [4.69, 9.17) is 0 Å². The van der Waals surface area contributed by atoms with Crippen LogP contribution in [0.3, 0.4) is 0 Å². The van der Waals surface area contributed by atoms with E-state index in [1.165, 1.54) is 11.3 Å². The molecule has 0 saturated carbocycles. The minimum atomic E-state index is 1.00. The summed E-state index contributed by atoms with van der Waals surface area (Å²) in [7, 11) is 0. The van der Waals surface area contributed by atoms with Gasteiger partial charge in [-0.25, -0.2) is 0 Å². The molecule has 0 amide bonds. The zero-order valence-electron chi connectivity index (χ0n) is 7.83. The number of nitrogens with zero attached hydrogens (tertiary/aromatic N) is 1. The van der Waals surface area contributed by atoms with Crippen LogP contribution in [0.2, 0.25) is 0 Å². The Bertz CT molecular complexity index is 303. The third-order valence-electron chi connectivity index (χ3n) is 2.31. The Labute approximate surface area is 78.8 Å². The van der Waals surface area contributed by atoms with Gasteiger partial charge in [-0.1, -0.05) is 25.1 Å². The molecule has 0 atom stereocenters. The highest BCUT2D eigenvalue weighted by Crippen LogP contribution is 2.17. The molecule has 68 valence electrons. The summed E-state index contributed by atoms with van der Waals surface area (Å²) >= 11 is 0. The molecule has 1 N–H and O–H groups in total. The lowest BCUT2D eigenvalue weighted by molar-refractivity contribution is 0.829. The van der Waals surface area contributed by atoms with Gasteiger partial charge in [-0.05, 0) is 24.1 Å². The minimum Gasteiger partial charge on any atom is -0.305 e. The second-order valence-corrected chi connectivity index (χ2v) is 3.21. The van der Waals surface area contributed by atoms with Gasteiger partial charge >= 0.3 is 0 Å². The molecule has 0 fully saturated rings. The number of hydrogen-bond donors (Lipinski definition) is 1. The van der Waals surface area contributed by atoms with Crippen LogP contribution >= 0.6 is 0 Å². The second kappa shape index (κ2) is 3.52. The molecule has 2 nitrogen and oxygen atoms in total. The van der Waals surface area contributed by atoms with Crippen LogP contribution in [0.15, 0.2) is 42.1 Å². The van der Waals surface area contributed by atoms with Crippen molar-refractivity contribution in [3.8, 4) is 0 Å². The molecule has 0 spiro atoms. The van der Waals surface area contributed by atoms with Crippen molar-refractivity contribution in [3.05, 3.63) is 42.1 Å². The maximum atomic E-state index is 3.25. The molecule has 0 aliphatic carbocycles. The van der Waals surface area contributed by atoms with Gasteiger partial charge in [0, 0.05) is 6.20 Å². The standard InChI is InChI=1S/C11H14N2/c1-2-10-8-12-13(9-10)11-6-4-3-5-7-11/h3-8,12H,2,9H2,1H3. The molecule has 1 aromatic carbocycles. The molecule has 1 aromatic rings. The van der Waals surface area contributed by atoms with Gasteiger partial charge in [-0.3, -0.25) is 5.01 Å². The summed E-state index contributed by atoms with van der Waals surface area (Å²) in [5.74, 6) is 0. The normalized spacial score (nSPS) is 15.5. The quantitative estimate of drug-likeness (QED) is 0.740. The fourth-order valence-corrected chi connectivity index (χ4v) is 1.45. The Kier molecular flexibility index (Phi) is 2.21. The number of hydrogen-bond acceptors (Lipinski definition) is 2. The van der Waals surface area contributed by atoms with Crippen LogP contribution in [0, 0.1) is 0 Å². The molecular formula is C11H14N2. The van der Waals surface area contributed by atoms with Crippen LogP contribution in [0.5, 0.6) is 0 Å². The highest BCUT2D eigenvalue weighted by atomic mass is 15.5. The van der Waals surface area contributed by atoms with Gasteiger partial charge in [0.15, 0.2) is 0 Å². The average Bonchev–Trinajstić information content (AvgIpc) is 2.67. The monoisotopic (exact) mass is 174 g/mol. The number of rotatable bonds is 2. The summed E-state index contributed by atoms with van der Waals surface area (Å²) < 4.78 is 0. The number of nitrogens with one attached hydrogen (secondary N) is 1. The summed E-state index contributed by atoms with van der Waals surface area (Å²) in [6, 6.07) is 10.4. The molecule has 0 saturated heterocycles. The first kappa shape index (κ1) is 8.17. The highest BCUT2D eigenvalue weighted by Gasteiger charge is 2.11. The maximum absolute atomic E-state index is 3.25. The van der Waals surface area contributed by atoms with Crippen LogP contribution in [-0.2, 0) is 0 Å². The van der Waals surface area contributed by atoms with Crippen molar-refractivity contribution in [3.63, 3.8) is 0 Å². The maximum Gasteiger partial charge on any atom is 0.0621 e. The summed E-state index contributed by atoms with van der Waals surface area (Å²) in [6.07, 6.45) is 3.21. The van der Waals surface area contributed by atoms with Crippen molar-refractivity contribution in [2.45, 2.75) is 13.3 Å². The van der Waals surface area contributed by atoms with Crippen LogP contribution in [0.4, 0.5) is 5.69 Å². The first-order valence-electron chi connectivity index (χ1n) is 4.67. The lowest BCUT2D eigenvalue weighted by Crippen LogP contribution is -2.29. The van der Waals surface area contributed by atoms with Crippen molar-refractivity contribution in [2.24, 2.45) is 0 Å². The number of benzene rings is 1. The van der Waals surface area contributed by atoms with E-state index in [2.05, 4.69) is 47.8 Å². The van der Waals surface area contributed by atoms with Gasteiger partial charge in [0.2, 0.25) is 0 Å². The molecule has 1 heterocycles. The molecular weight excluding hydrogens is 160 g/mol. The molecule has 0 unspecified atom stereocenters. The average molecular weight is 174 g/mol. The van der Waals surface area contributed by atoms with Gasteiger partial charge in [0.05, 0.1) is 12.2 Å². The van der Waals surface area contributed by atoms with Crippen LogP contribution in [0.25, 0.3) is 0 Å². The smallest absolute Gasteiger partial charge is 0.0621 e. The van der Waals surface area contributed by atoms with Gasteiger partial charge in [0.25, 0.3) is 0 Å². The Morgan fingerprint density at radius 2 is 2.08 bits per heavy atom. The van der Waals surface area contributed by atoms with Gasteiger partial charge in [-0.15, -0.1) is 0 Å². The van der Waals surface area contributed by atoms with Crippen molar-refractivity contribution in [2.75, 3.05) is 11.6 Å². The van der Waals surface area contributed by atoms with Gasteiger partial charge in [0.1, 0.15) is 0 Å². The van der Waals surface area contributed by atoms with Crippen LogP contribution < -0.4 is 10.4 Å². The first-order chi connectivity index (χ1) is 6.40. The predicted molar refractivity (Wildman–Crippen MR) is 55.3 cm³/mol. The number of anilines is 1. The molecule has 13 heavy (non-hydrogen) atoms. The van der Waals surface area contributed by atoms with E-state index in [9.17, 15) is 0 Å². The molecule has 0 radical (unpaired) electrons. The number of para-hydroxylation sites is 1. The zero-order chi connectivity index (χ0) is 9.10. The fourth-order valence-electron chi connectivity index (χ4n) is 1.45. The molecule has 2 rings (SSSR count). The van der Waals surface area contributed by atoms with E-state index in [0.29, 0.717) is 0 Å². The lowest BCUT2D eigenvalue weighted by Gasteiger charge is -2.18. The summed E-state index contributed by atoms with van der Waals surface area (Å²) in [5, 5.41) is 2.15. The molecule has 0 bridgehead atoms. The van der Waals surface area contributed by atoms with E-state index in [1.54, 1.807) is 0 Å². The molecule has 2 heteroatoms. The predicted octanol–water partition coefficient (Wildman–Crippen LogP) is 2.31. The summed E-state index contributed by atoms with van der Waals surface area (Å²) in [4.78, 5) is 0. The van der Waals surface area contributed by atoms with E-state index in [0.717, 1.165) is 13.0 Å². The second-order valence-electron chi connectivity index (χ2n) is 3.21. The first-order valence-corrected chi connectivity index (χ1v) is 4.67. The van der Waals surface area contributed by atoms with Crippen LogP contribution in [-0.4, -0.2) is 6.54 Å². The molecule has 1 aliphatic heterocycles.